The van der Waals surface area contributed by atoms with E-state index in [2.05, 4.69) is 6.07 Å². The van der Waals surface area contributed by atoms with E-state index in [1.807, 2.05) is 69.3 Å². The zero-order chi connectivity index (χ0) is 19.8. The van der Waals surface area contributed by atoms with E-state index < -0.39 is 12.1 Å². The van der Waals surface area contributed by atoms with Gasteiger partial charge in [-0.25, -0.2) is 0 Å². The third kappa shape index (κ3) is 3.78. The maximum atomic E-state index is 12.6. The molecule has 0 spiro atoms. The summed E-state index contributed by atoms with van der Waals surface area (Å²) in [5.74, 6) is -0.832. The first-order valence-electron chi connectivity index (χ1n) is 8.97. The second kappa shape index (κ2) is 6.88. The second-order valence-electron chi connectivity index (χ2n) is 7.77. The fraction of sp³-hybridized carbons (Fsp3) is 0.348. The molecule has 0 saturated heterocycles. The topological polar surface area (TPSA) is 23.8 Å². The summed E-state index contributed by atoms with van der Waals surface area (Å²) in [5, 5.41) is 9.86. The molecule has 1 fully saturated rings. The van der Waals surface area contributed by atoms with Crippen LogP contribution < -0.4 is 0 Å². The van der Waals surface area contributed by atoms with Gasteiger partial charge in [-0.1, -0.05) is 68.5 Å². The molecule has 0 amide bonds. The van der Waals surface area contributed by atoms with Gasteiger partial charge in [0, 0.05) is 6.08 Å². The van der Waals surface area contributed by atoms with Crippen LogP contribution in [-0.2, 0) is 0 Å². The minimum Gasteiger partial charge on any atom is -0.198 e. The summed E-state index contributed by atoms with van der Waals surface area (Å²) in [4.78, 5) is 0. The van der Waals surface area contributed by atoms with E-state index >= 15 is 0 Å². The van der Waals surface area contributed by atoms with Crippen molar-refractivity contribution < 1.29 is 13.2 Å². The van der Waals surface area contributed by atoms with Crippen LogP contribution in [0, 0.1) is 35.5 Å². The van der Waals surface area contributed by atoms with Crippen molar-refractivity contribution in [2.45, 2.75) is 32.9 Å². The number of hydrogen-bond acceptors (Lipinski definition) is 1. The highest BCUT2D eigenvalue weighted by Gasteiger charge is 2.60. The molecule has 1 aliphatic rings. The van der Waals surface area contributed by atoms with Crippen LogP contribution in [0.2, 0.25) is 0 Å². The molecule has 0 aromatic heterocycles. The Morgan fingerprint density at radius 2 is 1.74 bits per heavy atom. The Bertz CT molecular complexity index is 888. The monoisotopic (exact) mass is 369 g/mol. The number of halogens is 3. The predicted octanol–water partition coefficient (Wildman–Crippen LogP) is 6.66. The molecule has 1 nitrogen and oxygen atoms in total. The van der Waals surface area contributed by atoms with Gasteiger partial charge in [0.05, 0.1) is 12.0 Å². The van der Waals surface area contributed by atoms with Gasteiger partial charge < -0.3 is 0 Å². The minimum atomic E-state index is -4.32. The predicted molar refractivity (Wildman–Crippen MR) is 101 cm³/mol. The Morgan fingerprint density at radius 1 is 1.07 bits per heavy atom. The van der Waals surface area contributed by atoms with Gasteiger partial charge in [-0.2, -0.15) is 18.4 Å². The highest BCUT2D eigenvalue weighted by molar-refractivity contribution is 5.69. The highest BCUT2D eigenvalue weighted by Crippen LogP contribution is 2.65. The van der Waals surface area contributed by atoms with E-state index in [1.54, 1.807) is 0 Å². The van der Waals surface area contributed by atoms with Crippen molar-refractivity contribution in [1.29, 1.82) is 5.26 Å². The van der Waals surface area contributed by atoms with Gasteiger partial charge in [0.1, 0.15) is 0 Å². The molecule has 2 aromatic carbocycles. The van der Waals surface area contributed by atoms with Gasteiger partial charge in [0.25, 0.3) is 0 Å². The van der Waals surface area contributed by atoms with Crippen molar-refractivity contribution in [3.05, 3.63) is 71.8 Å². The summed E-state index contributed by atoms with van der Waals surface area (Å²) in [6.45, 7) is 5.85. The maximum Gasteiger partial charge on any atom is 0.409 e. The van der Waals surface area contributed by atoms with Gasteiger partial charge in [-0.05, 0) is 46.4 Å². The van der Waals surface area contributed by atoms with E-state index in [0.717, 1.165) is 22.3 Å². The molecule has 4 heteroatoms. The number of benzene rings is 2. The normalized spacial score (nSPS) is 22.4. The lowest BCUT2D eigenvalue weighted by Crippen LogP contribution is -2.06. The first-order chi connectivity index (χ1) is 12.7. The molecule has 1 saturated carbocycles. The van der Waals surface area contributed by atoms with Crippen LogP contribution in [0.3, 0.4) is 0 Å². The van der Waals surface area contributed by atoms with Crippen molar-refractivity contribution in [3.63, 3.8) is 0 Å². The lowest BCUT2D eigenvalue weighted by Gasteiger charge is -2.17. The van der Waals surface area contributed by atoms with Crippen LogP contribution in [0.25, 0.3) is 11.1 Å². The Morgan fingerprint density at radius 3 is 2.33 bits per heavy atom. The second-order valence-corrected chi connectivity index (χ2v) is 7.77. The third-order valence-corrected chi connectivity index (χ3v) is 5.78. The Balaban J connectivity index is 1.96. The van der Waals surface area contributed by atoms with Crippen molar-refractivity contribution in [2.24, 2.45) is 17.3 Å². The third-order valence-electron chi connectivity index (χ3n) is 5.78. The SMILES string of the molecule is Cc1c(-c2ccccc2)cccc1C(C#N)C1C(C=CC(F)(F)F)C1(C)C. The summed E-state index contributed by atoms with van der Waals surface area (Å²) in [6, 6.07) is 18.1. The maximum absolute atomic E-state index is 12.6. The van der Waals surface area contributed by atoms with Crippen molar-refractivity contribution >= 4 is 0 Å². The van der Waals surface area contributed by atoms with Crippen molar-refractivity contribution in [2.75, 3.05) is 0 Å². The molecule has 0 heterocycles. The van der Waals surface area contributed by atoms with E-state index in [4.69, 9.17) is 0 Å². The lowest BCUT2D eigenvalue weighted by atomic mass is 9.85. The molecule has 1 aliphatic carbocycles. The zero-order valence-corrected chi connectivity index (χ0v) is 15.6. The van der Waals surface area contributed by atoms with Gasteiger partial charge in [0.15, 0.2) is 0 Å². The number of alkyl halides is 3. The zero-order valence-electron chi connectivity index (χ0n) is 15.6. The standard InChI is InChI=1S/C23H22F3N/c1-15-17(16-8-5-4-6-9-16)10-7-11-18(15)19(14-27)21-20(22(21,2)3)12-13-23(24,25)26/h4-13,19-21H,1-3H3. The number of rotatable bonds is 4. The number of nitrogens with zero attached hydrogens (tertiary/aromatic N) is 1. The minimum absolute atomic E-state index is 0.133. The van der Waals surface area contributed by atoms with Crippen LogP contribution in [0.5, 0.6) is 0 Å². The molecule has 3 unspecified atom stereocenters. The smallest absolute Gasteiger partial charge is 0.198 e. The highest BCUT2D eigenvalue weighted by atomic mass is 19.4. The van der Waals surface area contributed by atoms with Crippen LogP contribution in [-0.4, -0.2) is 6.18 Å². The Labute approximate surface area is 158 Å². The van der Waals surface area contributed by atoms with Crippen LogP contribution in [0.15, 0.2) is 60.7 Å². The summed E-state index contributed by atoms with van der Waals surface area (Å²) in [6.07, 6.45) is -2.79. The fourth-order valence-electron chi connectivity index (χ4n) is 4.20. The summed E-state index contributed by atoms with van der Waals surface area (Å²) in [5.41, 5.74) is 3.69. The van der Waals surface area contributed by atoms with Gasteiger partial charge in [-0.3, -0.25) is 0 Å². The summed E-state index contributed by atoms with van der Waals surface area (Å²) in [7, 11) is 0. The van der Waals surface area contributed by atoms with Gasteiger partial charge >= 0.3 is 6.18 Å². The molecule has 3 atom stereocenters. The first kappa shape index (κ1) is 19.2. The number of nitriles is 1. The Hall–Kier alpha value is -2.54. The summed E-state index contributed by atoms with van der Waals surface area (Å²) >= 11 is 0. The average Bonchev–Trinajstić information content (AvgIpc) is 3.16. The van der Waals surface area contributed by atoms with E-state index in [-0.39, 0.29) is 17.3 Å². The molecular formula is C23H22F3N. The van der Waals surface area contributed by atoms with E-state index in [9.17, 15) is 18.4 Å². The molecule has 27 heavy (non-hydrogen) atoms. The van der Waals surface area contributed by atoms with E-state index in [0.29, 0.717) is 6.08 Å². The largest absolute Gasteiger partial charge is 0.409 e. The molecule has 3 rings (SSSR count). The van der Waals surface area contributed by atoms with Crippen LogP contribution in [0.1, 0.15) is 30.9 Å². The first-order valence-corrected chi connectivity index (χ1v) is 8.97. The molecule has 0 bridgehead atoms. The van der Waals surface area contributed by atoms with Gasteiger partial charge in [-0.15, -0.1) is 0 Å². The van der Waals surface area contributed by atoms with Crippen molar-refractivity contribution in [3.8, 4) is 17.2 Å². The van der Waals surface area contributed by atoms with Crippen LogP contribution in [0.4, 0.5) is 13.2 Å². The molecule has 0 N–H and O–H groups in total. The quantitative estimate of drug-likeness (QED) is 0.553. The number of allylic oxidation sites excluding steroid dienone is 2. The molecule has 2 aromatic rings. The number of hydrogen-bond donors (Lipinski definition) is 0. The molecule has 0 aliphatic heterocycles. The Kier molecular flexibility index (Phi) is 4.90. The molecule has 140 valence electrons. The van der Waals surface area contributed by atoms with Gasteiger partial charge in [0.2, 0.25) is 0 Å². The summed E-state index contributed by atoms with van der Waals surface area (Å²) < 4.78 is 37.7. The van der Waals surface area contributed by atoms with Crippen LogP contribution >= 0.6 is 0 Å². The van der Waals surface area contributed by atoms with E-state index in [1.165, 1.54) is 6.08 Å². The lowest BCUT2D eigenvalue weighted by molar-refractivity contribution is -0.0801. The fourth-order valence-corrected chi connectivity index (χ4v) is 4.20. The van der Waals surface area contributed by atoms with Crippen molar-refractivity contribution in [1.82, 2.24) is 0 Å². The molecular weight excluding hydrogens is 347 g/mol. The average molecular weight is 369 g/mol. The molecule has 0 radical (unpaired) electrons.